The van der Waals surface area contributed by atoms with Gasteiger partial charge in [0.2, 0.25) is 0 Å². The predicted molar refractivity (Wildman–Crippen MR) is 99.4 cm³/mol. The summed E-state index contributed by atoms with van der Waals surface area (Å²) < 4.78 is 5.14. The lowest BCUT2D eigenvalue weighted by molar-refractivity contribution is 0.0956. The number of hydrogen-bond donors (Lipinski definition) is 2. The zero-order chi connectivity index (χ0) is 17.6. The molecule has 0 radical (unpaired) electrons. The first-order chi connectivity index (χ1) is 12.1. The fourth-order valence-corrected chi connectivity index (χ4v) is 2.40. The van der Waals surface area contributed by atoms with Crippen LogP contribution in [0.3, 0.4) is 0 Å². The molecule has 5 heteroatoms. The molecular formula is C20H19N3O2. The number of furan rings is 1. The molecule has 0 aliphatic rings. The maximum Gasteiger partial charge on any atom is 0.273 e. The monoisotopic (exact) mass is 333 g/mol. The van der Waals surface area contributed by atoms with Gasteiger partial charge >= 0.3 is 0 Å². The highest BCUT2D eigenvalue weighted by Gasteiger charge is 2.11. The minimum absolute atomic E-state index is 0.295. The third kappa shape index (κ3) is 3.95. The molecule has 0 aliphatic heterocycles. The smallest absolute Gasteiger partial charge is 0.273 e. The average molecular weight is 333 g/mol. The predicted octanol–water partition coefficient (Wildman–Crippen LogP) is 4.40. The minimum atomic E-state index is -0.295. The highest BCUT2D eigenvalue weighted by molar-refractivity contribution is 6.00. The van der Waals surface area contributed by atoms with Crippen LogP contribution in [-0.4, -0.2) is 12.1 Å². The van der Waals surface area contributed by atoms with Gasteiger partial charge in [-0.05, 0) is 55.3 Å². The van der Waals surface area contributed by atoms with Crippen LogP contribution < -0.4 is 10.7 Å². The van der Waals surface area contributed by atoms with E-state index in [1.54, 1.807) is 24.5 Å². The van der Waals surface area contributed by atoms with Gasteiger partial charge in [0.25, 0.3) is 5.91 Å². The van der Waals surface area contributed by atoms with E-state index in [9.17, 15) is 4.79 Å². The zero-order valence-corrected chi connectivity index (χ0v) is 14.1. The molecule has 126 valence electrons. The van der Waals surface area contributed by atoms with Gasteiger partial charge in [-0.2, -0.15) is 5.10 Å². The van der Waals surface area contributed by atoms with E-state index in [0.717, 1.165) is 16.9 Å². The Hall–Kier alpha value is -3.34. The lowest BCUT2D eigenvalue weighted by Gasteiger charge is -2.14. The molecule has 0 aliphatic carbocycles. The average Bonchev–Trinajstić information content (AvgIpc) is 3.13. The number of anilines is 2. The van der Waals surface area contributed by atoms with Crippen molar-refractivity contribution in [2.45, 2.75) is 13.8 Å². The first kappa shape index (κ1) is 16.5. The van der Waals surface area contributed by atoms with E-state index in [2.05, 4.69) is 28.8 Å². The van der Waals surface area contributed by atoms with Crippen molar-refractivity contribution < 1.29 is 9.21 Å². The van der Waals surface area contributed by atoms with Crippen LogP contribution in [0.1, 0.15) is 27.2 Å². The van der Waals surface area contributed by atoms with Crippen LogP contribution in [0.2, 0.25) is 0 Å². The summed E-state index contributed by atoms with van der Waals surface area (Å²) in [6.07, 6.45) is 3.01. The van der Waals surface area contributed by atoms with Gasteiger partial charge in [0.1, 0.15) is 5.76 Å². The van der Waals surface area contributed by atoms with Gasteiger partial charge in [0.05, 0.1) is 23.7 Å². The number of benzene rings is 2. The first-order valence-electron chi connectivity index (χ1n) is 7.94. The van der Waals surface area contributed by atoms with Gasteiger partial charge in [-0.15, -0.1) is 0 Å². The summed E-state index contributed by atoms with van der Waals surface area (Å²) in [5.41, 5.74) is 7.07. The maximum absolute atomic E-state index is 12.4. The van der Waals surface area contributed by atoms with Crippen LogP contribution in [0, 0.1) is 13.8 Å². The Kier molecular flexibility index (Phi) is 4.95. The molecule has 0 fully saturated rings. The Morgan fingerprint density at radius 2 is 1.80 bits per heavy atom. The number of carbonyl (C=O) groups is 1. The molecule has 2 aromatic carbocycles. The molecule has 25 heavy (non-hydrogen) atoms. The number of rotatable bonds is 5. The van der Waals surface area contributed by atoms with Crippen LogP contribution in [0.25, 0.3) is 0 Å². The van der Waals surface area contributed by atoms with E-state index in [1.165, 1.54) is 11.8 Å². The summed E-state index contributed by atoms with van der Waals surface area (Å²) in [4.78, 5) is 12.4. The van der Waals surface area contributed by atoms with Gasteiger partial charge in [0.15, 0.2) is 0 Å². The summed E-state index contributed by atoms with van der Waals surface area (Å²) in [5.74, 6) is 0.276. The second kappa shape index (κ2) is 7.49. The third-order valence-electron chi connectivity index (χ3n) is 3.95. The van der Waals surface area contributed by atoms with Gasteiger partial charge in [0, 0.05) is 5.69 Å². The van der Waals surface area contributed by atoms with Crippen molar-refractivity contribution >= 4 is 23.5 Å². The van der Waals surface area contributed by atoms with Crippen molar-refractivity contribution in [3.05, 3.63) is 83.3 Å². The summed E-state index contributed by atoms with van der Waals surface area (Å²) in [6.45, 7) is 4.11. The first-order valence-corrected chi connectivity index (χ1v) is 7.94. The van der Waals surface area contributed by atoms with E-state index in [0.29, 0.717) is 11.3 Å². The fourth-order valence-electron chi connectivity index (χ4n) is 2.40. The lowest BCUT2D eigenvalue weighted by atomic mass is 10.1. The van der Waals surface area contributed by atoms with Gasteiger partial charge in [-0.1, -0.05) is 24.3 Å². The Labute approximate surface area is 146 Å². The highest BCUT2D eigenvalue weighted by atomic mass is 16.3. The van der Waals surface area contributed by atoms with Crippen LogP contribution in [-0.2, 0) is 0 Å². The molecular weight excluding hydrogens is 314 g/mol. The van der Waals surface area contributed by atoms with Gasteiger partial charge in [-0.25, -0.2) is 5.43 Å². The van der Waals surface area contributed by atoms with Gasteiger partial charge in [-0.3, -0.25) is 4.79 Å². The molecule has 3 aromatic rings. The van der Waals surface area contributed by atoms with Crippen molar-refractivity contribution in [2.75, 3.05) is 5.32 Å². The standard InChI is InChI=1S/C20H19N3O2/c1-14-7-5-11-18(15(14)2)22-19-10-4-3-9-17(19)20(24)23-21-13-16-8-6-12-25-16/h3-13,22H,1-2H3,(H,23,24)/b21-13+. The normalized spacial score (nSPS) is 10.8. The van der Waals surface area contributed by atoms with Gasteiger partial charge < -0.3 is 9.73 Å². The lowest BCUT2D eigenvalue weighted by Crippen LogP contribution is -2.19. The van der Waals surface area contributed by atoms with Crippen molar-refractivity contribution in [3.63, 3.8) is 0 Å². The second-order valence-electron chi connectivity index (χ2n) is 5.63. The van der Waals surface area contributed by atoms with E-state index in [-0.39, 0.29) is 5.91 Å². The molecule has 0 saturated heterocycles. The largest absolute Gasteiger partial charge is 0.463 e. The SMILES string of the molecule is Cc1cccc(Nc2ccccc2C(=O)N/N=C/c2ccco2)c1C. The molecule has 5 nitrogen and oxygen atoms in total. The number of nitrogens with zero attached hydrogens (tertiary/aromatic N) is 1. The number of para-hydroxylation sites is 1. The quantitative estimate of drug-likeness (QED) is 0.537. The Morgan fingerprint density at radius 1 is 1.00 bits per heavy atom. The third-order valence-corrected chi connectivity index (χ3v) is 3.95. The molecule has 1 amide bonds. The van der Waals surface area contributed by atoms with Crippen LogP contribution in [0.15, 0.2) is 70.4 Å². The Morgan fingerprint density at radius 3 is 2.60 bits per heavy atom. The molecule has 0 spiro atoms. The number of aryl methyl sites for hydroxylation is 1. The zero-order valence-electron chi connectivity index (χ0n) is 14.1. The van der Waals surface area contributed by atoms with Crippen LogP contribution in [0.4, 0.5) is 11.4 Å². The summed E-state index contributed by atoms with van der Waals surface area (Å²) in [5, 5.41) is 7.26. The fraction of sp³-hybridized carbons (Fsp3) is 0.100. The molecule has 0 unspecified atom stereocenters. The maximum atomic E-state index is 12.4. The topological polar surface area (TPSA) is 66.6 Å². The summed E-state index contributed by atoms with van der Waals surface area (Å²) in [6, 6.07) is 16.9. The molecule has 2 N–H and O–H groups in total. The van der Waals surface area contributed by atoms with E-state index >= 15 is 0 Å². The Balaban J connectivity index is 1.78. The molecule has 1 heterocycles. The number of hydrogen-bond acceptors (Lipinski definition) is 4. The van der Waals surface area contributed by atoms with E-state index in [1.807, 2.05) is 37.3 Å². The second-order valence-corrected chi connectivity index (χ2v) is 5.63. The number of carbonyl (C=O) groups excluding carboxylic acids is 1. The number of nitrogens with one attached hydrogen (secondary N) is 2. The van der Waals surface area contributed by atoms with Crippen molar-refractivity contribution in [1.29, 1.82) is 0 Å². The molecule has 3 rings (SSSR count). The highest BCUT2D eigenvalue weighted by Crippen LogP contribution is 2.25. The van der Waals surface area contributed by atoms with Crippen molar-refractivity contribution in [1.82, 2.24) is 5.43 Å². The van der Waals surface area contributed by atoms with E-state index < -0.39 is 0 Å². The summed E-state index contributed by atoms with van der Waals surface area (Å²) in [7, 11) is 0. The minimum Gasteiger partial charge on any atom is -0.463 e. The molecule has 0 atom stereocenters. The summed E-state index contributed by atoms with van der Waals surface area (Å²) >= 11 is 0. The van der Waals surface area contributed by atoms with Crippen molar-refractivity contribution in [3.8, 4) is 0 Å². The number of hydrazone groups is 1. The Bertz CT molecular complexity index is 899. The van der Waals surface area contributed by atoms with Crippen LogP contribution in [0.5, 0.6) is 0 Å². The van der Waals surface area contributed by atoms with Crippen molar-refractivity contribution in [2.24, 2.45) is 5.10 Å². The molecule has 0 saturated carbocycles. The van der Waals surface area contributed by atoms with Crippen LogP contribution >= 0.6 is 0 Å². The number of amides is 1. The molecule has 1 aromatic heterocycles. The molecule has 0 bridgehead atoms. The van der Waals surface area contributed by atoms with E-state index in [4.69, 9.17) is 4.42 Å².